The van der Waals surface area contributed by atoms with Crippen molar-refractivity contribution < 1.29 is 17.6 Å². The number of carbonyl (C=O) groups excluding carboxylic acids is 1. The van der Waals surface area contributed by atoms with Gasteiger partial charge in [-0.05, 0) is 55.3 Å². The van der Waals surface area contributed by atoms with Gasteiger partial charge in [-0.2, -0.15) is 9.40 Å². The zero-order valence-electron chi connectivity index (χ0n) is 18.4. The van der Waals surface area contributed by atoms with Crippen LogP contribution in [0.4, 0.5) is 4.39 Å². The minimum Gasteiger partial charge on any atom is -0.346 e. The van der Waals surface area contributed by atoms with Crippen LogP contribution in [0.5, 0.6) is 0 Å². The van der Waals surface area contributed by atoms with Crippen LogP contribution in [0, 0.1) is 11.7 Å². The molecule has 1 saturated heterocycles. The number of carbonyl (C=O) groups is 1. The lowest BCUT2D eigenvalue weighted by atomic mass is 9.96. The molecule has 0 aliphatic carbocycles. The summed E-state index contributed by atoms with van der Waals surface area (Å²) in [7, 11) is -1.66. The molecule has 176 valence electrons. The second kappa shape index (κ2) is 10.1. The zero-order valence-corrected chi connectivity index (χ0v) is 20.0. The molecular formula is C23H27FN4O3S2. The van der Waals surface area contributed by atoms with E-state index >= 15 is 0 Å². The van der Waals surface area contributed by atoms with Crippen LogP contribution < -0.4 is 0 Å². The van der Waals surface area contributed by atoms with Gasteiger partial charge in [-0.1, -0.05) is 18.2 Å². The average molecular weight is 491 g/mol. The van der Waals surface area contributed by atoms with Crippen LogP contribution >= 0.6 is 11.3 Å². The van der Waals surface area contributed by atoms with E-state index in [4.69, 9.17) is 0 Å². The van der Waals surface area contributed by atoms with Gasteiger partial charge in [0.25, 0.3) is 10.0 Å². The molecule has 0 spiro atoms. The summed E-state index contributed by atoms with van der Waals surface area (Å²) < 4.78 is 40.6. The highest BCUT2D eigenvalue weighted by atomic mass is 32.2. The lowest BCUT2D eigenvalue weighted by molar-refractivity contribution is -0.135. The number of thiophene rings is 1. The third kappa shape index (κ3) is 5.51. The van der Waals surface area contributed by atoms with E-state index in [0.717, 1.165) is 24.1 Å². The normalized spacial score (nSPS) is 15.6. The van der Waals surface area contributed by atoms with Crippen LogP contribution in [0.3, 0.4) is 0 Å². The van der Waals surface area contributed by atoms with Gasteiger partial charge in [0.2, 0.25) is 5.91 Å². The van der Waals surface area contributed by atoms with Crippen LogP contribution in [-0.2, 0) is 21.2 Å². The van der Waals surface area contributed by atoms with E-state index < -0.39 is 10.0 Å². The van der Waals surface area contributed by atoms with Crippen molar-refractivity contribution in [1.82, 2.24) is 19.4 Å². The number of nitrogens with zero attached hydrogens (tertiary/aromatic N) is 3. The van der Waals surface area contributed by atoms with Gasteiger partial charge < -0.3 is 4.90 Å². The standard InChI is InChI=1S/C23H27FN4O3S2/c1-27(11-3-7-20-16-21(26-25-20)18-5-2-6-19(24)15-18)23(29)17-9-12-28(13-10-17)33(30,31)22-8-4-14-32-22/h2,4-6,8,14-17H,3,7,9-13H2,1H3,(H,25,26). The van der Waals surface area contributed by atoms with Crippen LogP contribution in [0.1, 0.15) is 25.0 Å². The van der Waals surface area contributed by atoms with Gasteiger partial charge in [-0.25, -0.2) is 12.8 Å². The van der Waals surface area contributed by atoms with E-state index in [2.05, 4.69) is 10.2 Å². The summed E-state index contributed by atoms with van der Waals surface area (Å²) in [5, 5.41) is 8.99. The van der Waals surface area contributed by atoms with Crippen molar-refractivity contribution in [1.29, 1.82) is 0 Å². The van der Waals surface area contributed by atoms with Gasteiger partial charge in [0.15, 0.2) is 0 Å². The molecule has 0 saturated carbocycles. The molecule has 4 rings (SSSR count). The molecule has 33 heavy (non-hydrogen) atoms. The van der Waals surface area contributed by atoms with Gasteiger partial charge >= 0.3 is 0 Å². The zero-order chi connectivity index (χ0) is 23.4. The smallest absolute Gasteiger partial charge is 0.252 e. The second-order valence-corrected chi connectivity index (χ2v) is 11.4. The van der Waals surface area contributed by atoms with Crippen LogP contribution in [-0.4, -0.2) is 60.4 Å². The SMILES string of the molecule is CN(CCCc1cc(-c2cccc(F)c2)n[nH]1)C(=O)C1CCN(S(=O)(=O)c2cccs2)CC1. The Morgan fingerprint density at radius 1 is 1.24 bits per heavy atom. The number of benzene rings is 1. The van der Waals surface area contributed by atoms with Crippen molar-refractivity contribution >= 4 is 27.3 Å². The first-order valence-corrected chi connectivity index (χ1v) is 13.3. The number of sulfonamides is 1. The Morgan fingerprint density at radius 2 is 2.03 bits per heavy atom. The highest BCUT2D eigenvalue weighted by molar-refractivity contribution is 7.91. The van der Waals surface area contributed by atoms with Crippen LogP contribution in [0.25, 0.3) is 11.3 Å². The molecule has 1 aliphatic rings. The molecule has 0 atom stereocenters. The molecule has 1 amide bonds. The molecule has 3 aromatic rings. The maximum atomic E-state index is 13.4. The average Bonchev–Trinajstić information content (AvgIpc) is 3.52. The lowest BCUT2D eigenvalue weighted by Gasteiger charge is -2.32. The van der Waals surface area contributed by atoms with Crippen molar-refractivity contribution in [3.05, 3.63) is 59.4 Å². The lowest BCUT2D eigenvalue weighted by Crippen LogP contribution is -2.43. The molecule has 2 aromatic heterocycles. The number of aromatic nitrogens is 2. The fourth-order valence-electron chi connectivity index (χ4n) is 4.09. The maximum Gasteiger partial charge on any atom is 0.252 e. The highest BCUT2D eigenvalue weighted by Gasteiger charge is 2.33. The summed E-state index contributed by atoms with van der Waals surface area (Å²) in [5.74, 6) is -0.392. The van der Waals surface area contributed by atoms with Gasteiger partial charge in [0.05, 0.1) is 5.69 Å². The second-order valence-electron chi connectivity index (χ2n) is 8.26. The molecule has 3 heterocycles. The topological polar surface area (TPSA) is 86.4 Å². The number of nitrogens with one attached hydrogen (secondary N) is 1. The van der Waals surface area contributed by atoms with Crippen LogP contribution in [0.2, 0.25) is 0 Å². The Labute approximate surface area is 197 Å². The largest absolute Gasteiger partial charge is 0.346 e. The fraction of sp³-hybridized carbons (Fsp3) is 0.391. The minimum absolute atomic E-state index is 0.0632. The first kappa shape index (κ1) is 23.6. The molecule has 1 aromatic carbocycles. The number of hydrogen-bond acceptors (Lipinski definition) is 5. The summed E-state index contributed by atoms with van der Waals surface area (Å²) in [6.07, 6.45) is 2.55. The molecule has 0 radical (unpaired) electrons. The Morgan fingerprint density at radius 3 is 2.73 bits per heavy atom. The predicted octanol–water partition coefficient (Wildman–Crippen LogP) is 3.77. The Balaban J connectivity index is 1.24. The number of aromatic amines is 1. The van der Waals surface area contributed by atoms with E-state index in [0.29, 0.717) is 42.4 Å². The van der Waals surface area contributed by atoms with E-state index in [9.17, 15) is 17.6 Å². The highest BCUT2D eigenvalue weighted by Crippen LogP contribution is 2.27. The maximum absolute atomic E-state index is 13.4. The number of aryl methyl sites for hydroxylation is 1. The van der Waals surface area contributed by atoms with E-state index in [1.165, 1.54) is 27.8 Å². The molecule has 7 nitrogen and oxygen atoms in total. The van der Waals surface area contributed by atoms with E-state index in [-0.39, 0.29) is 17.6 Å². The molecule has 1 fully saturated rings. The van der Waals surface area contributed by atoms with Crippen LogP contribution in [0.15, 0.2) is 52.1 Å². The first-order chi connectivity index (χ1) is 15.8. The summed E-state index contributed by atoms with van der Waals surface area (Å²) in [6, 6.07) is 11.6. The predicted molar refractivity (Wildman–Crippen MR) is 126 cm³/mol. The quantitative estimate of drug-likeness (QED) is 0.521. The number of rotatable bonds is 8. The Bertz CT molecular complexity index is 1190. The monoisotopic (exact) mass is 490 g/mol. The number of piperidine rings is 1. The van der Waals surface area contributed by atoms with Gasteiger partial charge in [-0.15, -0.1) is 11.3 Å². The van der Waals surface area contributed by atoms with Crippen molar-refractivity contribution in [2.24, 2.45) is 5.92 Å². The van der Waals surface area contributed by atoms with Crippen molar-refractivity contribution in [2.75, 3.05) is 26.7 Å². The molecule has 10 heteroatoms. The molecule has 1 N–H and O–H groups in total. The Kier molecular flexibility index (Phi) is 7.26. The van der Waals surface area contributed by atoms with Crippen molar-refractivity contribution in [3.8, 4) is 11.3 Å². The summed E-state index contributed by atoms with van der Waals surface area (Å²) >= 11 is 1.22. The molecular weight excluding hydrogens is 463 g/mol. The molecule has 1 aliphatic heterocycles. The van der Waals surface area contributed by atoms with Gasteiger partial charge in [-0.3, -0.25) is 9.89 Å². The third-order valence-corrected chi connectivity index (χ3v) is 9.23. The molecule has 0 unspecified atom stereocenters. The number of halogens is 1. The van der Waals surface area contributed by atoms with Gasteiger partial charge in [0.1, 0.15) is 10.0 Å². The number of hydrogen-bond donors (Lipinski definition) is 1. The number of amides is 1. The van der Waals surface area contributed by atoms with E-state index in [1.807, 2.05) is 12.1 Å². The summed E-state index contributed by atoms with van der Waals surface area (Å²) in [4.78, 5) is 14.6. The third-order valence-electron chi connectivity index (χ3n) is 5.96. The fourth-order valence-corrected chi connectivity index (χ4v) is 6.71. The number of H-pyrrole nitrogens is 1. The summed E-state index contributed by atoms with van der Waals surface area (Å²) in [5.41, 5.74) is 2.35. The molecule has 0 bridgehead atoms. The van der Waals surface area contributed by atoms with Crippen molar-refractivity contribution in [3.63, 3.8) is 0 Å². The minimum atomic E-state index is -3.46. The van der Waals surface area contributed by atoms with Crippen molar-refractivity contribution in [2.45, 2.75) is 29.9 Å². The summed E-state index contributed by atoms with van der Waals surface area (Å²) in [6.45, 7) is 1.32. The van der Waals surface area contributed by atoms with Gasteiger partial charge in [0, 0.05) is 43.9 Å². The Hall–Kier alpha value is -2.56. The van der Waals surface area contributed by atoms with E-state index in [1.54, 1.807) is 35.5 Å². The first-order valence-electron chi connectivity index (χ1n) is 10.9.